The third kappa shape index (κ3) is 6.65. The summed E-state index contributed by atoms with van der Waals surface area (Å²) in [5.74, 6) is 5.21. The molecule has 4 nitrogen and oxygen atoms in total. The minimum Gasteiger partial charge on any atom is -0.497 e. The van der Waals surface area contributed by atoms with E-state index in [9.17, 15) is 4.79 Å². The van der Waals surface area contributed by atoms with Gasteiger partial charge in [-0.3, -0.25) is 4.79 Å². The molecule has 1 heterocycles. The molecule has 0 aromatic heterocycles. The van der Waals surface area contributed by atoms with Gasteiger partial charge in [-0.25, -0.2) is 0 Å². The van der Waals surface area contributed by atoms with E-state index in [1.54, 1.807) is 12.7 Å². The summed E-state index contributed by atoms with van der Waals surface area (Å²) >= 11 is 0. The van der Waals surface area contributed by atoms with Gasteiger partial charge in [0.25, 0.3) is 5.91 Å². The van der Waals surface area contributed by atoms with Gasteiger partial charge in [0.2, 0.25) is 0 Å². The molecule has 1 saturated carbocycles. The zero-order valence-corrected chi connectivity index (χ0v) is 27.8. The maximum atomic E-state index is 14.0. The highest BCUT2D eigenvalue weighted by Crippen LogP contribution is 2.45. The number of amides is 1. The van der Waals surface area contributed by atoms with Crippen LogP contribution in [0.4, 0.5) is 5.69 Å². The van der Waals surface area contributed by atoms with Crippen LogP contribution in [0.25, 0.3) is 0 Å². The Morgan fingerprint density at radius 1 is 1.10 bits per heavy atom. The molecule has 0 saturated heterocycles. The summed E-state index contributed by atoms with van der Waals surface area (Å²) in [4.78, 5) is 16.2. The number of ether oxygens (including phenoxy) is 1. The quantitative estimate of drug-likeness (QED) is 0.202. The average Bonchev–Trinajstić information content (AvgIpc) is 2.93. The predicted molar refractivity (Wildman–Crippen MR) is 177 cm³/mol. The van der Waals surface area contributed by atoms with E-state index in [0.717, 1.165) is 42.2 Å². The van der Waals surface area contributed by atoms with Crippen LogP contribution in [0.5, 0.6) is 5.75 Å². The molecule has 224 valence electrons. The van der Waals surface area contributed by atoms with Crippen molar-refractivity contribution in [2.75, 3.05) is 12.4 Å². The van der Waals surface area contributed by atoms with Crippen LogP contribution in [0.15, 0.2) is 54.1 Å². The summed E-state index contributed by atoms with van der Waals surface area (Å²) in [6.45, 7) is 13.5. The molecule has 3 aliphatic rings. The van der Waals surface area contributed by atoms with Crippen LogP contribution in [0.2, 0.25) is 19.6 Å². The molecule has 42 heavy (non-hydrogen) atoms. The maximum Gasteiger partial charge on any atom is 0.298 e. The van der Waals surface area contributed by atoms with Crippen molar-refractivity contribution in [3.63, 3.8) is 0 Å². The van der Waals surface area contributed by atoms with Gasteiger partial charge in [-0.1, -0.05) is 76.2 Å². The largest absolute Gasteiger partial charge is 0.497 e. The number of hydrogen-bond acceptors (Lipinski definition) is 3. The molecule has 0 spiro atoms. The Morgan fingerprint density at radius 3 is 2.43 bits per heavy atom. The van der Waals surface area contributed by atoms with Crippen molar-refractivity contribution in [3.05, 3.63) is 70.8 Å². The Morgan fingerprint density at radius 2 is 1.83 bits per heavy atom. The number of rotatable bonds is 7. The number of methoxy groups -OCH3 is 1. The number of nitrogens with zero attached hydrogens (tertiary/aromatic N) is 1. The highest BCUT2D eigenvalue weighted by atomic mass is 28.3. The zero-order valence-electron chi connectivity index (χ0n) is 26.8. The third-order valence-electron chi connectivity index (χ3n) is 9.66. The van der Waals surface area contributed by atoms with Gasteiger partial charge in [0, 0.05) is 11.7 Å². The zero-order chi connectivity index (χ0) is 30.1. The Hall–Kier alpha value is -2.97. The Labute approximate surface area is 255 Å². The Bertz CT molecular complexity index is 1380. The first-order valence-corrected chi connectivity index (χ1v) is 19.6. The first-order valence-electron chi connectivity index (χ1n) is 16.1. The monoisotopic (exact) mass is 582 g/mol. The van der Waals surface area contributed by atoms with Gasteiger partial charge in [0.05, 0.1) is 18.7 Å². The fraction of sp³-hybridized carbons (Fsp3) is 0.541. The lowest BCUT2D eigenvalue weighted by atomic mass is 9.72. The van der Waals surface area contributed by atoms with Crippen molar-refractivity contribution >= 4 is 19.7 Å². The molecule has 1 amide bonds. The topological polar surface area (TPSA) is 41.6 Å². The number of nitrogens with one attached hydrogen (secondary N) is 1. The smallest absolute Gasteiger partial charge is 0.298 e. The SMILES string of the molecule is CCC1=CC(C)(Nc2ccc([C@@H]3c4ccc(OC)cc4C[C@H](C4CCC4)N3C(=O)C#C[Si](C)(C)C)cc2)CC(CC)C1. The van der Waals surface area contributed by atoms with E-state index in [1.165, 1.54) is 43.2 Å². The van der Waals surface area contributed by atoms with Gasteiger partial charge in [-0.05, 0) is 104 Å². The summed E-state index contributed by atoms with van der Waals surface area (Å²) in [5, 5.41) is 3.88. The minimum absolute atomic E-state index is 0.0273. The molecule has 2 aromatic rings. The van der Waals surface area contributed by atoms with E-state index in [2.05, 4.69) is 105 Å². The molecule has 5 rings (SSSR count). The van der Waals surface area contributed by atoms with Gasteiger partial charge in [-0.2, -0.15) is 0 Å². The normalized spacial score (nSPS) is 25.8. The third-order valence-corrected chi connectivity index (χ3v) is 10.5. The number of fused-ring (bicyclic) bond motifs is 1. The second-order valence-corrected chi connectivity index (χ2v) is 18.9. The van der Waals surface area contributed by atoms with Gasteiger partial charge < -0.3 is 15.0 Å². The van der Waals surface area contributed by atoms with Crippen LogP contribution in [0.3, 0.4) is 0 Å². The Balaban J connectivity index is 1.53. The van der Waals surface area contributed by atoms with Crippen LogP contribution < -0.4 is 10.1 Å². The van der Waals surface area contributed by atoms with E-state index >= 15 is 0 Å². The number of benzene rings is 2. The molecule has 1 fully saturated rings. The lowest BCUT2D eigenvalue weighted by Gasteiger charge is -2.48. The molecule has 0 bridgehead atoms. The number of anilines is 1. The van der Waals surface area contributed by atoms with Crippen LogP contribution in [-0.2, 0) is 11.2 Å². The Kier molecular flexibility index (Phi) is 8.95. The van der Waals surface area contributed by atoms with E-state index in [0.29, 0.717) is 5.92 Å². The van der Waals surface area contributed by atoms with Gasteiger partial charge in [-0.15, -0.1) is 5.54 Å². The van der Waals surface area contributed by atoms with Gasteiger partial charge >= 0.3 is 0 Å². The van der Waals surface area contributed by atoms with E-state index in [4.69, 9.17) is 4.74 Å². The lowest BCUT2D eigenvalue weighted by Crippen LogP contribution is -2.52. The summed E-state index contributed by atoms with van der Waals surface area (Å²) in [6.07, 6.45) is 11.6. The van der Waals surface area contributed by atoms with Crippen molar-refractivity contribution in [3.8, 4) is 17.2 Å². The second kappa shape index (κ2) is 12.3. The van der Waals surface area contributed by atoms with Crippen LogP contribution in [0.1, 0.15) is 88.4 Å². The van der Waals surface area contributed by atoms with E-state index < -0.39 is 8.07 Å². The number of allylic oxidation sites excluding steroid dienone is 1. The van der Waals surface area contributed by atoms with Crippen molar-refractivity contribution in [2.45, 2.75) is 109 Å². The van der Waals surface area contributed by atoms with Crippen molar-refractivity contribution in [1.82, 2.24) is 4.90 Å². The minimum atomic E-state index is -1.70. The molecular formula is C37H50N2O2Si. The molecule has 2 unspecified atom stereocenters. The van der Waals surface area contributed by atoms with Gasteiger partial charge in [0.15, 0.2) is 0 Å². The van der Waals surface area contributed by atoms with Crippen molar-refractivity contribution in [2.24, 2.45) is 11.8 Å². The fourth-order valence-electron chi connectivity index (χ4n) is 7.26. The van der Waals surface area contributed by atoms with Crippen LogP contribution >= 0.6 is 0 Å². The summed E-state index contributed by atoms with van der Waals surface area (Å²) in [7, 11) is 0.0269. The molecule has 1 N–H and O–H groups in total. The summed E-state index contributed by atoms with van der Waals surface area (Å²) in [5.41, 5.74) is 9.62. The molecule has 1 aliphatic heterocycles. The van der Waals surface area contributed by atoms with E-state index in [1.807, 2.05) is 6.07 Å². The number of hydrogen-bond donors (Lipinski definition) is 1. The number of carbonyl (C=O) groups excluding carboxylic acids is 1. The van der Waals surface area contributed by atoms with Crippen LogP contribution in [0, 0.1) is 23.3 Å². The summed E-state index contributed by atoms with van der Waals surface area (Å²) < 4.78 is 5.62. The van der Waals surface area contributed by atoms with Crippen molar-refractivity contribution in [1.29, 1.82) is 0 Å². The highest BCUT2D eigenvalue weighted by Gasteiger charge is 2.43. The molecule has 2 aliphatic carbocycles. The van der Waals surface area contributed by atoms with Gasteiger partial charge in [0.1, 0.15) is 13.8 Å². The molecule has 2 aromatic carbocycles. The van der Waals surface area contributed by atoms with Crippen LogP contribution in [-0.4, -0.2) is 37.6 Å². The lowest BCUT2D eigenvalue weighted by molar-refractivity contribution is -0.132. The average molecular weight is 583 g/mol. The second-order valence-electron chi connectivity index (χ2n) is 14.1. The number of carbonyl (C=O) groups is 1. The maximum absolute atomic E-state index is 14.0. The standard InChI is InChI=1S/C37H50N2O2Si/c1-8-26-21-27(9-2)25-37(3,24-26)38-31-15-13-29(14-16-31)36-33-18-17-32(41-4)22-30(33)23-34(28-11-10-12-28)39(36)35(40)19-20-42(5,6)7/h13-18,22,24,27-28,34,36,38H,8-12,21,23,25H2,1-7H3/t27?,34-,36-,37?/m1/s1. The molecule has 0 radical (unpaired) electrons. The molecule has 5 heteroatoms. The van der Waals surface area contributed by atoms with E-state index in [-0.39, 0.29) is 23.5 Å². The first kappa shape index (κ1) is 30.5. The predicted octanol–water partition coefficient (Wildman–Crippen LogP) is 8.55. The summed E-state index contributed by atoms with van der Waals surface area (Å²) in [6, 6.07) is 15.2. The highest BCUT2D eigenvalue weighted by molar-refractivity contribution is 6.84. The molecular weight excluding hydrogens is 533 g/mol. The van der Waals surface area contributed by atoms with Crippen molar-refractivity contribution < 1.29 is 9.53 Å². The molecule has 4 atom stereocenters. The first-order chi connectivity index (χ1) is 20.0. The fourth-order valence-corrected chi connectivity index (χ4v) is 7.74.